The number of benzene rings is 2. The summed E-state index contributed by atoms with van der Waals surface area (Å²) in [5.41, 5.74) is 2.41. The summed E-state index contributed by atoms with van der Waals surface area (Å²) in [6.45, 7) is 5.44. The second kappa shape index (κ2) is 8.55. The molecule has 0 saturated carbocycles. The van der Waals surface area contributed by atoms with Gasteiger partial charge < -0.3 is 25.2 Å². The van der Waals surface area contributed by atoms with Gasteiger partial charge in [0.15, 0.2) is 0 Å². The third-order valence-electron chi connectivity index (χ3n) is 4.35. The van der Waals surface area contributed by atoms with Crippen molar-refractivity contribution in [3.63, 3.8) is 0 Å². The standard InChI is InChI=1S/C20H24N4O3/c1-15(25)27-19-5-3-4-17(14-19)22-20(26)21-16-6-8-18(9-7-16)24-12-10-23(2)11-13-24/h3-9,14H,10-13H2,1-2H3,(H2,21,22,26). The molecule has 1 heterocycles. The first kappa shape index (κ1) is 18.7. The molecule has 0 aliphatic carbocycles. The number of esters is 1. The number of carbonyl (C=O) groups is 2. The highest BCUT2D eigenvalue weighted by atomic mass is 16.5. The Hall–Kier alpha value is -3.06. The molecule has 2 aromatic carbocycles. The highest BCUT2D eigenvalue weighted by Crippen LogP contribution is 2.20. The van der Waals surface area contributed by atoms with E-state index in [9.17, 15) is 9.59 Å². The molecule has 0 bridgehead atoms. The lowest BCUT2D eigenvalue weighted by Crippen LogP contribution is -2.44. The number of anilines is 3. The Morgan fingerprint density at radius 1 is 0.926 bits per heavy atom. The van der Waals surface area contributed by atoms with Gasteiger partial charge >= 0.3 is 12.0 Å². The maximum Gasteiger partial charge on any atom is 0.323 e. The molecule has 1 fully saturated rings. The van der Waals surface area contributed by atoms with Crippen LogP contribution in [0.2, 0.25) is 0 Å². The lowest BCUT2D eigenvalue weighted by molar-refractivity contribution is -0.131. The molecule has 2 aromatic rings. The molecule has 0 radical (unpaired) electrons. The maximum atomic E-state index is 12.2. The first-order chi connectivity index (χ1) is 13.0. The zero-order valence-electron chi connectivity index (χ0n) is 15.6. The number of rotatable bonds is 4. The predicted molar refractivity (Wildman–Crippen MR) is 107 cm³/mol. The van der Waals surface area contributed by atoms with Gasteiger partial charge in [-0.25, -0.2) is 4.79 Å². The summed E-state index contributed by atoms with van der Waals surface area (Å²) < 4.78 is 5.01. The number of hydrogen-bond donors (Lipinski definition) is 2. The summed E-state index contributed by atoms with van der Waals surface area (Å²) in [4.78, 5) is 27.9. The number of piperazine rings is 1. The van der Waals surface area contributed by atoms with Gasteiger partial charge in [-0.05, 0) is 43.4 Å². The summed E-state index contributed by atoms with van der Waals surface area (Å²) in [7, 11) is 2.13. The van der Waals surface area contributed by atoms with Crippen LogP contribution in [0.4, 0.5) is 21.9 Å². The molecular formula is C20H24N4O3. The van der Waals surface area contributed by atoms with Crippen LogP contribution in [0.3, 0.4) is 0 Å². The molecule has 2 N–H and O–H groups in total. The Labute approximate surface area is 158 Å². The molecule has 0 spiro atoms. The van der Waals surface area contributed by atoms with Crippen LogP contribution in [0.25, 0.3) is 0 Å². The van der Waals surface area contributed by atoms with Crippen LogP contribution in [0.15, 0.2) is 48.5 Å². The lowest BCUT2D eigenvalue weighted by Gasteiger charge is -2.34. The molecule has 1 aliphatic heterocycles. The minimum Gasteiger partial charge on any atom is -0.427 e. The molecular weight excluding hydrogens is 344 g/mol. The summed E-state index contributed by atoms with van der Waals surface area (Å²) in [6, 6.07) is 14.1. The van der Waals surface area contributed by atoms with Gasteiger partial charge in [0.05, 0.1) is 0 Å². The SMILES string of the molecule is CC(=O)Oc1cccc(NC(=O)Nc2ccc(N3CCN(C)CC3)cc2)c1. The Bertz CT molecular complexity index is 799. The van der Waals surface area contributed by atoms with Crippen LogP contribution in [0.5, 0.6) is 5.75 Å². The molecule has 2 amide bonds. The molecule has 27 heavy (non-hydrogen) atoms. The minimum absolute atomic E-state index is 0.359. The number of nitrogens with zero attached hydrogens (tertiary/aromatic N) is 2. The number of urea groups is 1. The molecule has 1 saturated heterocycles. The third kappa shape index (κ3) is 5.46. The Morgan fingerprint density at radius 2 is 1.59 bits per heavy atom. The van der Waals surface area contributed by atoms with E-state index in [1.807, 2.05) is 24.3 Å². The van der Waals surface area contributed by atoms with E-state index >= 15 is 0 Å². The van der Waals surface area contributed by atoms with Gasteiger partial charge in [-0.2, -0.15) is 0 Å². The van der Waals surface area contributed by atoms with E-state index in [0.717, 1.165) is 31.9 Å². The first-order valence-corrected chi connectivity index (χ1v) is 8.89. The highest BCUT2D eigenvalue weighted by Gasteiger charge is 2.14. The topological polar surface area (TPSA) is 73.9 Å². The van der Waals surface area contributed by atoms with Crippen molar-refractivity contribution in [3.8, 4) is 5.75 Å². The van der Waals surface area contributed by atoms with Gasteiger partial charge in [0.2, 0.25) is 0 Å². The van der Waals surface area contributed by atoms with Crippen LogP contribution >= 0.6 is 0 Å². The zero-order chi connectivity index (χ0) is 19.2. The van der Waals surface area contributed by atoms with Gasteiger partial charge in [-0.3, -0.25) is 4.79 Å². The van der Waals surface area contributed by atoms with Crippen molar-refractivity contribution in [2.24, 2.45) is 0 Å². The molecule has 0 unspecified atom stereocenters. The quantitative estimate of drug-likeness (QED) is 0.641. The van der Waals surface area contributed by atoms with E-state index in [1.165, 1.54) is 6.92 Å². The predicted octanol–water partition coefficient (Wildman–Crippen LogP) is 3.01. The fourth-order valence-corrected chi connectivity index (χ4v) is 2.92. The number of hydrogen-bond acceptors (Lipinski definition) is 5. The van der Waals surface area contributed by atoms with Crippen molar-refractivity contribution in [3.05, 3.63) is 48.5 Å². The molecule has 7 heteroatoms. The van der Waals surface area contributed by atoms with E-state index in [0.29, 0.717) is 17.1 Å². The maximum absolute atomic E-state index is 12.2. The van der Waals surface area contributed by atoms with E-state index in [-0.39, 0.29) is 6.03 Å². The minimum atomic E-state index is -0.406. The molecule has 1 aliphatic rings. The highest BCUT2D eigenvalue weighted by molar-refractivity contribution is 6.00. The average molecular weight is 368 g/mol. The normalized spacial score (nSPS) is 14.5. The van der Waals surface area contributed by atoms with Crippen molar-refractivity contribution in [1.82, 2.24) is 4.90 Å². The first-order valence-electron chi connectivity index (χ1n) is 8.89. The lowest BCUT2D eigenvalue weighted by atomic mass is 10.2. The third-order valence-corrected chi connectivity index (χ3v) is 4.35. The number of likely N-dealkylation sites (N-methyl/N-ethyl adjacent to an activating group) is 1. The fourth-order valence-electron chi connectivity index (χ4n) is 2.92. The van der Waals surface area contributed by atoms with Crippen LogP contribution < -0.4 is 20.3 Å². The largest absolute Gasteiger partial charge is 0.427 e. The van der Waals surface area contributed by atoms with E-state index in [1.54, 1.807) is 24.3 Å². The van der Waals surface area contributed by atoms with E-state index < -0.39 is 5.97 Å². The van der Waals surface area contributed by atoms with Gasteiger partial charge in [0.25, 0.3) is 0 Å². The Morgan fingerprint density at radius 3 is 2.26 bits per heavy atom. The van der Waals surface area contributed by atoms with Crippen LogP contribution in [-0.4, -0.2) is 50.1 Å². The molecule has 0 aromatic heterocycles. The number of nitrogens with one attached hydrogen (secondary N) is 2. The summed E-state index contributed by atoms with van der Waals surface area (Å²) in [5.74, 6) is -0.0196. The molecule has 142 valence electrons. The van der Waals surface area contributed by atoms with E-state index in [2.05, 4.69) is 27.5 Å². The second-order valence-corrected chi connectivity index (χ2v) is 6.54. The number of amides is 2. The van der Waals surface area contributed by atoms with Crippen molar-refractivity contribution in [2.45, 2.75) is 6.92 Å². The summed E-state index contributed by atoms with van der Waals surface area (Å²) >= 11 is 0. The zero-order valence-corrected chi connectivity index (χ0v) is 15.6. The fraction of sp³-hybridized carbons (Fsp3) is 0.300. The van der Waals surface area contributed by atoms with E-state index in [4.69, 9.17) is 4.74 Å². The Kier molecular flexibility index (Phi) is 5.93. The smallest absolute Gasteiger partial charge is 0.323 e. The number of ether oxygens (including phenoxy) is 1. The van der Waals surface area contributed by atoms with Crippen molar-refractivity contribution < 1.29 is 14.3 Å². The summed E-state index contributed by atoms with van der Waals surface area (Å²) in [6.07, 6.45) is 0. The Balaban J connectivity index is 1.56. The molecule has 3 rings (SSSR count). The average Bonchev–Trinajstić information content (AvgIpc) is 2.63. The van der Waals surface area contributed by atoms with Gasteiger partial charge in [0, 0.05) is 56.2 Å². The van der Waals surface area contributed by atoms with Crippen LogP contribution in [0.1, 0.15) is 6.92 Å². The van der Waals surface area contributed by atoms with Crippen molar-refractivity contribution in [2.75, 3.05) is 48.8 Å². The van der Waals surface area contributed by atoms with Gasteiger partial charge in [0.1, 0.15) is 5.75 Å². The number of carbonyl (C=O) groups excluding carboxylic acids is 2. The molecule has 0 atom stereocenters. The molecule has 7 nitrogen and oxygen atoms in total. The van der Waals surface area contributed by atoms with Gasteiger partial charge in [-0.15, -0.1) is 0 Å². The summed E-state index contributed by atoms with van der Waals surface area (Å²) in [5, 5.41) is 5.53. The van der Waals surface area contributed by atoms with Crippen molar-refractivity contribution in [1.29, 1.82) is 0 Å². The van der Waals surface area contributed by atoms with Crippen LogP contribution in [0, 0.1) is 0 Å². The van der Waals surface area contributed by atoms with Gasteiger partial charge in [-0.1, -0.05) is 6.07 Å². The van der Waals surface area contributed by atoms with Crippen molar-refractivity contribution >= 4 is 29.1 Å². The van der Waals surface area contributed by atoms with Crippen LogP contribution in [-0.2, 0) is 4.79 Å². The second-order valence-electron chi connectivity index (χ2n) is 6.54. The monoisotopic (exact) mass is 368 g/mol.